The maximum absolute atomic E-state index is 4.80. The first kappa shape index (κ1) is 11.7. The molecule has 1 aliphatic carbocycles. The van der Waals surface area contributed by atoms with E-state index < -0.39 is 0 Å². The molecule has 0 saturated heterocycles. The summed E-state index contributed by atoms with van der Waals surface area (Å²) < 4.78 is 0. The molecule has 0 saturated carbocycles. The molecule has 0 aliphatic heterocycles. The summed E-state index contributed by atoms with van der Waals surface area (Å²) >= 11 is 0. The van der Waals surface area contributed by atoms with E-state index in [-0.39, 0.29) is 0 Å². The second kappa shape index (κ2) is 4.60. The van der Waals surface area contributed by atoms with Gasteiger partial charge in [0.15, 0.2) is 0 Å². The molecular weight excluding hydrogens is 196 g/mol. The van der Waals surface area contributed by atoms with Gasteiger partial charge in [-0.05, 0) is 31.1 Å². The number of hydrogen-bond donors (Lipinski definition) is 1. The van der Waals surface area contributed by atoms with E-state index in [1.165, 1.54) is 36.5 Å². The minimum atomic E-state index is 0.584. The highest BCUT2D eigenvalue weighted by atomic mass is 14.9. The lowest BCUT2D eigenvalue weighted by atomic mass is 9.82. The summed E-state index contributed by atoms with van der Waals surface area (Å²) in [6.45, 7) is 9.21. The molecule has 3 atom stereocenters. The second-order valence-electron chi connectivity index (χ2n) is 5.60. The number of imidazole rings is 1. The van der Waals surface area contributed by atoms with Crippen molar-refractivity contribution in [3.8, 4) is 0 Å². The van der Waals surface area contributed by atoms with E-state index in [2.05, 4.69) is 32.7 Å². The van der Waals surface area contributed by atoms with Crippen LogP contribution in [0.4, 0.5) is 0 Å². The molecule has 2 heteroatoms. The first-order valence-corrected chi connectivity index (χ1v) is 6.69. The monoisotopic (exact) mass is 220 g/mol. The molecule has 0 radical (unpaired) electrons. The van der Waals surface area contributed by atoms with Gasteiger partial charge in [-0.25, -0.2) is 4.98 Å². The van der Waals surface area contributed by atoms with Crippen molar-refractivity contribution in [1.29, 1.82) is 0 Å². The van der Waals surface area contributed by atoms with Crippen LogP contribution in [0.25, 0.3) is 0 Å². The van der Waals surface area contributed by atoms with Crippen LogP contribution in [0.1, 0.15) is 63.7 Å². The fourth-order valence-electron chi connectivity index (χ4n) is 2.64. The lowest BCUT2D eigenvalue weighted by Crippen LogP contribution is -2.20. The molecule has 1 aliphatic rings. The summed E-state index contributed by atoms with van der Waals surface area (Å²) in [6.07, 6.45) is 4.81. The smallest absolute Gasteiger partial charge is 0.109 e. The Morgan fingerprint density at radius 2 is 2.00 bits per heavy atom. The number of rotatable bonds is 3. The van der Waals surface area contributed by atoms with Gasteiger partial charge < -0.3 is 4.98 Å². The van der Waals surface area contributed by atoms with Crippen LogP contribution >= 0.6 is 0 Å². The van der Waals surface area contributed by atoms with Gasteiger partial charge in [0.1, 0.15) is 5.82 Å². The van der Waals surface area contributed by atoms with Gasteiger partial charge in [0, 0.05) is 11.6 Å². The molecule has 0 amide bonds. The SMILES string of the molecule is CCCC(C)c1nc2c([nH]1)CC(C)C(C)C2. The van der Waals surface area contributed by atoms with Crippen LogP contribution in [0, 0.1) is 11.8 Å². The van der Waals surface area contributed by atoms with E-state index in [0.29, 0.717) is 5.92 Å². The maximum atomic E-state index is 4.80. The molecule has 3 unspecified atom stereocenters. The molecule has 0 spiro atoms. The molecule has 1 aromatic rings. The largest absolute Gasteiger partial charge is 0.345 e. The summed E-state index contributed by atoms with van der Waals surface area (Å²) in [4.78, 5) is 8.36. The standard InChI is InChI=1S/C14H24N2/c1-5-6-9(2)14-15-12-7-10(3)11(4)8-13(12)16-14/h9-11H,5-8H2,1-4H3,(H,15,16). The third-order valence-electron chi connectivity index (χ3n) is 4.08. The quantitative estimate of drug-likeness (QED) is 0.827. The van der Waals surface area contributed by atoms with Crippen molar-refractivity contribution in [3.63, 3.8) is 0 Å². The molecule has 0 bridgehead atoms. The van der Waals surface area contributed by atoms with Crippen molar-refractivity contribution in [2.75, 3.05) is 0 Å². The van der Waals surface area contributed by atoms with Crippen LogP contribution < -0.4 is 0 Å². The normalized spacial score (nSPS) is 26.5. The molecule has 2 rings (SSSR count). The second-order valence-corrected chi connectivity index (χ2v) is 5.60. The number of H-pyrrole nitrogens is 1. The van der Waals surface area contributed by atoms with Gasteiger partial charge >= 0.3 is 0 Å². The lowest BCUT2D eigenvalue weighted by Gasteiger charge is -2.24. The Labute approximate surface area is 98.9 Å². The number of fused-ring (bicyclic) bond motifs is 1. The zero-order chi connectivity index (χ0) is 11.7. The predicted octanol–water partition coefficient (Wildman–Crippen LogP) is 3.68. The number of aromatic nitrogens is 2. The van der Waals surface area contributed by atoms with Crippen molar-refractivity contribution in [2.45, 2.75) is 59.3 Å². The summed E-state index contributed by atoms with van der Waals surface area (Å²) in [7, 11) is 0. The molecule has 1 heterocycles. The average Bonchev–Trinajstić information content (AvgIpc) is 2.62. The van der Waals surface area contributed by atoms with Crippen molar-refractivity contribution in [2.24, 2.45) is 11.8 Å². The maximum Gasteiger partial charge on any atom is 0.109 e. The highest BCUT2D eigenvalue weighted by Gasteiger charge is 2.25. The Hall–Kier alpha value is -0.790. The molecule has 16 heavy (non-hydrogen) atoms. The fourth-order valence-corrected chi connectivity index (χ4v) is 2.64. The van der Waals surface area contributed by atoms with Gasteiger partial charge in [-0.3, -0.25) is 0 Å². The molecule has 2 nitrogen and oxygen atoms in total. The molecular formula is C14H24N2. The average molecular weight is 220 g/mol. The minimum absolute atomic E-state index is 0.584. The van der Waals surface area contributed by atoms with Crippen LogP contribution in [-0.4, -0.2) is 9.97 Å². The van der Waals surface area contributed by atoms with Gasteiger partial charge in [-0.15, -0.1) is 0 Å². The highest BCUT2D eigenvalue weighted by molar-refractivity contribution is 5.20. The molecule has 1 aromatic heterocycles. The number of hydrogen-bond acceptors (Lipinski definition) is 1. The summed E-state index contributed by atoms with van der Waals surface area (Å²) in [5.74, 6) is 3.38. The molecule has 0 fully saturated rings. The van der Waals surface area contributed by atoms with Crippen LogP contribution in [-0.2, 0) is 12.8 Å². The van der Waals surface area contributed by atoms with E-state index in [1.54, 1.807) is 0 Å². The number of nitrogens with zero attached hydrogens (tertiary/aromatic N) is 1. The Morgan fingerprint density at radius 3 is 2.69 bits per heavy atom. The predicted molar refractivity (Wildman–Crippen MR) is 67.6 cm³/mol. The first-order chi connectivity index (χ1) is 7.61. The van der Waals surface area contributed by atoms with Gasteiger partial charge in [-0.2, -0.15) is 0 Å². The number of aromatic amines is 1. The summed E-state index contributed by atoms with van der Waals surface area (Å²) in [5.41, 5.74) is 2.74. The van der Waals surface area contributed by atoms with E-state index in [0.717, 1.165) is 18.3 Å². The van der Waals surface area contributed by atoms with Crippen LogP contribution in [0.15, 0.2) is 0 Å². The van der Waals surface area contributed by atoms with E-state index in [4.69, 9.17) is 4.98 Å². The van der Waals surface area contributed by atoms with Crippen LogP contribution in [0.2, 0.25) is 0 Å². The molecule has 90 valence electrons. The zero-order valence-corrected chi connectivity index (χ0v) is 11.0. The van der Waals surface area contributed by atoms with E-state index in [1.807, 2.05) is 0 Å². The molecule has 1 N–H and O–H groups in total. The number of nitrogens with one attached hydrogen (secondary N) is 1. The zero-order valence-electron chi connectivity index (χ0n) is 11.0. The van der Waals surface area contributed by atoms with Crippen molar-refractivity contribution in [3.05, 3.63) is 17.2 Å². The third-order valence-corrected chi connectivity index (χ3v) is 4.08. The van der Waals surface area contributed by atoms with Crippen molar-refractivity contribution in [1.82, 2.24) is 9.97 Å². The Morgan fingerprint density at radius 1 is 1.31 bits per heavy atom. The van der Waals surface area contributed by atoms with Crippen molar-refractivity contribution < 1.29 is 0 Å². The van der Waals surface area contributed by atoms with Gasteiger partial charge in [0.25, 0.3) is 0 Å². The van der Waals surface area contributed by atoms with Crippen LogP contribution in [0.3, 0.4) is 0 Å². The van der Waals surface area contributed by atoms with E-state index >= 15 is 0 Å². The highest BCUT2D eigenvalue weighted by Crippen LogP contribution is 2.30. The first-order valence-electron chi connectivity index (χ1n) is 6.69. The Kier molecular flexibility index (Phi) is 3.36. The van der Waals surface area contributed by atoms with Gasteiger partial charge in [0.2, 0.25) is 0 Å². The topological polar surface area (TPSA) is 28.7 Å². The van der Waals surface area contributed by atoms with Crippen LogP contribution in [0.5, 0.6) is 0 Å². The Bertz CT molecular complexity index is 326. The fraction of sp³-hybridized carbons (Fsp3) is 0.786. The Balaban J connectivity index is 2.18. The molecule has 0 aromatic carbocycles. The summed E-state index contributed by atoms with van der Waals surface area (Å²) in [6, 6.07) is 0. The minimum Gasteiger partial charge on any atom is -0.345 e. The lowest BCUT2D eigenvalue weighted by molar-refractivity contribution is 0.355. The van der Waals surface area contributed by atoms with Gasteiger partial charge in [0.05, 0.1) is 5.69 Å². The van der Waals surface area contributed by atoms with Crippen molar-refractivity contribution >= 4 is 0 Å². The summed E-state index contributed by atoms with van der Waals surface area (Å²) in [5, 5.41) is 0. The van der Waals surface area contributed by atoms with E-state index in [9.17, 15) is 0 Å². The van der Waals surface area contributed by atoms with Gasteiger partial charge in [-0.1, -0.05) is 34.1 Å². The third kappa shape index (κ3) is 2.16.